The first-order chi connectivity index (χ1) is 7.27. The van der Waals surface area contributed by atoms with E-state index in [1.807, 2.05) is 13.0 Å². The molecule has 4 heteroatoms. The van der Waals surface area contributed by atoms with Gasteiger partial charge in [-0.1, -0.05) is 18.5 Å². The minimum absolute atomic E-state index is 0.114. The van der Waals surface area contributed by atoms with E-state index in [1.54, 1.807) is 0 Å². The van der Waals surface area contributed by atoms with Gasteiger partial charge in [-0.2, -0.15) is 0 Å². The van der Waals surface area contributed by atoms with Crippen molar-refractivity contribution in [3.8, 4) is 11.5 Å². The molecule has 0 saturated carbocycles. The van der Waals surface area contributed by atoms with E-state index in [9.17, 15) is 0 Å². The molecule has 1 aliphatic heterocycles. The van der Waals surface area contributed by atoms with Gasteiger partial charge in [0.2, 0.25) is 6.79 Å². The van der Waals surface area contributed by atoms with Gasteiger partial charge in [0.15, 0.2) is 11.5 Å². The highest BCUT2D eigenvalue weighted by Crippen LogP contribution is 2.42. The molecule has 0 spiro atoms. The maximum atomic E-state index is 8.96. The largest absolute Gasteiger partial charge is 0.454 e. The Morgan fingerprint density at radius 1 is 1.47 bits per heavy atom. The van der Waals surface area contributed by atoms with Gasteiger partial charge in [0.05, 0.1) is 5.02 Å². The van der Waals surface area contributed by atoms with E-state index in [2.05, 4.69) is 0 Å². The molecule has 0 radical (unpaired) electrons. The predicted octanol–water partition coefficient (Wildman–Crippen LogP) is 2.17. The van der Waals surface area contributed by atoms with Crippen LogP contribution in [0.25, 0.3) is 0 Å². The lowest BCUT2D eigenvalue weighted by atomic mass is 10.0. The zero-order valence-corrected chi connectivity index (χ0v) is 9.30. The summed E-state index contributed by atoms with van der Waals surface area (Å²) in [7, 11) is 0. The fourth-order valence-corrected chi connectivity index (χ4v) is 2.22. The second-order valence-electron chi connectivity index (χ2n) is 3.39. The zero-order valence-electron chi connectivity index (χ0n) is 8.55. The lowest BCUT2D eigenvalue weighted by molar-refractivity contribution is 0.174. The quantitative estimate of drug-likeness (QED) is 0.862. The summed E-state index contributed by atoms with van der Waals surface area (Å²) < 4.78 is 10.6. The van der Waals surface area contributed by atoms with E-state index in [-0.39, 0.29) is 13.4 Å². The highest BCUT2D eigenvalue weighted by atomic mass is 35.5. The van der Waals surface area contributed by atoms with Crippen molar-refractivity contribution >= 4 is 11.6 Å². The summed E-state index contributed by atoms with van der Waals surface area (Å²) in [6, 6.07) is 1.91. The molecule has 0 unspecified atom stereocenters. The van der Waals surface area contributed by atoms with Crippen LogP contribution in [0.15, 0.2) is 6.07 Å². The van der Waals surface area contributed by atoms with E-state index in [0.717, 1.165) is 17.5 Å². The van der Waals surface area contributed by atoms with E-state index in [1.165, 1.54) is 0 Å². The summed E-state index contributed by atoms with van der Waals surface area (Å²) >= 11 is 6.21. The van der Waals surface area contributed by atoms with Crippen LogP contribution in [0.5, 0.6) is 11.5 Å². The van der Waals surface area contributed by atoms with Gasteiger partial charge in [0, 0.05) is 6.61 Å². The standard InChI is InChI=1S/C11H13ClO3/c1-2-8-7(3-4-13)5-9-11(10(8)12)15-6-14-9/h5,13H,2-4,6H2,1H3. The molecule has 0 saturated heterocycles. The van der Waals surface area contributed by atoms with E-state index >= 15 is 0 Å². The number of rotatable bonds is 3. The molecule has 15 heavy (non-hydrogen) atoms. The fourth-order valence-electron chi connectivity index (χ4n) is 1.82. The Morgan fingerprint density at radius 3 is 2.93 bits per heavy atom. The molecular weight excluding hydrogens is 216 g/mol. The molecule has 1 aromatic rings. The van der Waals surface area contributed by atoms with Gasteiger partial charge in [-0.15, -0.1) is 0 Å². The first kappa shape index (κ1) is 10.6. The fraction of sp³-hybridized carbons (Fsp3) is 0.455. The Kier molecular flexibility index (Phi) is 3.03. The average molecular weight is 229 g/mol. The molecule has 1 aromatic carbocycles. The van der Waals surface area contributed by atoms with Crippen molar-refractivity contribution in [2.45, 2.75) is 19.8 Å². The Hall–Kier alpha value is -0.930. The number of benzene rings is 1. The summed E-state index contributed by atoms with van der Waals surface area (Å²) in [6.45, 7) is 2.37. The molecule has 0 aliphatic carbocycles. The predicted molar refractivity (Wildman–Crippen MR) is 57.7 cm³/mol. The molecule has 0 amide bonds. The maximum Gasteiger partial charge on any atom is 0.231 e. The van der Waals surface area contributed by atoms with Crippen molar-refractivity contribution in [1.29, 1.82) is 0 Å². The van der Waals surface area contributed by atoms with Crippen molar-refractivity contribution in [3.05, 3.63) is 22.2 Å². The molecular formula is C11H13ClO3. The molecule has 0 fully saturated rings. The number of ether oxygens (including phenoxy) is 2. The van der Waals surface area contributed by atoms with Gasteiger partial charge < -0.3 is 14.6 Å². The first-order valence-corrected chi connectivity index (χ1v) is 5.36. The molecule has 3 nitrogen and oxygen atoms in total. The second-order valence-corrected chi connectivity index (χ2v) is 3.77. The van der Waals surface area contributed by atoms with E-state index < -0.39 is 0 Å². The number of aliphatic hydroxyl groups excluding tert-OH is 1. The third-order valence-corrected chi connectivity index (χ3v) is 2.93. The normalized spacial score (nSPS) is 13.3. The Balaban J connectivity index is 2.51. The number of hydrogen-bond acceptors (Lipinski definition) is 3. The number of aliphatic hydroxyl groups is 1. The summed E-state index contributed by atoms with van der Waals surface area (Å²) in [5.41, 5.74) is 2.07. The van der Waals surface area contributed by atoms with Crippen LogP contribution in [-0.4, -0.2) is 18.5 Å². The first-order valence-electron chi connectivity index (χ1n) is 4.98. The highest BCUT2D eigenvalue weighted by molar-refractivity contribution is 6.33. The van der Waals surface area contributed by atoms with Gasteiger partial charge in [-0.25, -0.2) is 0 Å². The number of hydrogen-bond donors (Lipinski definition) is 1. The van der Waals surface area contributed by atoms with Crippen LogP contribution in [0, 0.1) is 0 Å². The van der Waals surface area contributed by atoms with Crippen LogP contribution in [-0.2, 0) is 12.8 Å². The monoisotopic (exact) mass is 228 g/mol. The highest BCUT2D eigenvalue weighted by Gasteiger charge is 2.21. The molecule has 0 bridgehead atoms. The van der Waals surface area contributed by atoms with E-state index in [0.29, 0.717) is 22.9 Å². The Bertz CT molecular complexity index is 377. The lowest BCUT2D eigenvalue weighted by Gasteiger charge is -2.11. The maximum absolute atomic E-state index is 8.96. The van der Waals surface area contributed by atoms with Crippen LogP contribution in [0.2, 0.25) is 5.02 Å². The molecule has 82 valence electrons. The van der Waals surface area contributed by atoms with Crippen molar-refractivity contribution in [2.75, 3.05) is 13.4 Å². The molecule has 0 aromatic heterocycles. The van der Waals surface area contributed by atoms with Crippen molar-refractivity contribution in [1.82, 2.24) is 0 Å². The second kappa shape index (κ2) is 4.29. The van der Waals surface area contributed by atoms with Crippen molar-refractivity contribution in [3.63, 3.8) is 0 Å². The van der Waals surface area contributed by atoms with Crippen LogP contribution < -0.4 is 9.47 Å². The smallest absolute Gasteiger partial charge is 0.231 e. The molecule has 1 aliphatic rings. The van der Waals surface area contributed by atoms with Gasteiger partial charge in [-0.05, 0) is 30.0 Å². The lowest BCUT2D eigenvalue weighted by Crippen LogP contribution is -1.98. The summed E-state index contributed by atoms with van der Waals surface area (Å²) in [6.07, 6.45) is 1.42. The third kappa shape index (κ3) is 1.77. The van der Waals surface area contributed by atoms with Gasteiger partial charge in [0.25, 0.3) is 0 Å². The van der Waals surface area contributed by atoms with Crippen molar-refractivity contribution < 1.29 is 14.6 Å². The van der Waals surface area contributed by atoms with Crippen LogP contribution >= 0.6 is 11.6 Å². The number of fused-ring (bicyclic) bond motifs is 1. The topological polar surface area (TPSA) is 38.7 Å². The molecule has 1 heterocycles. The number of halogens is 1. The average Bonchev–Trinajstić information content (AvgIpc) is 2.67. The Labute approximate surface area is 93.6 Å². The molecule has 1 N–H and O–H groups in total. The minimum Gasteiger partial charge on any atom is -0.454 e. The van der Waals surface area contributed by atoms with Gasteiger partial charge >= 0.3 is 0 Å². The van der Waals surface area contributed by atoms with Crippen LogP contribution in [0.3, 0.4) is 0 Å². The zero-order chi connectivity index (χ0) is 10.8. The van der Waals surface area contributed by atoms with Crippen LogP contribution in [0.1, 0.15) is 18.1 Å². The minimum atomic E-state index is 0.114. The van der Waals surface area contributed by atoms with Gasteiger partial charge in [0.1, 0.15) is 0 Å². The van der Waals surface area contributed by atoms with Crippen molar-refractivity contribution in [2.24, 2.45) is 0 Å². The molecule has 0 atom stereocenters. The SMILES string of the molecule is CCc1c(CCO)cc2c(c1Cl)OCO2. The third-order valence-electron chi connectivity index (χ3n) is 2.53. The summed E-state index contributed by atoms with van der Waals surface area (Å²) in [4.78, 5) is 0. The van der Waals surface area contributed by atoms with E-state index in [4.69, 9.17) is 26.2 Å². The van der Waals surface area contributed by atoms with Crippen LogP contribution in [0.4, 0.5) is 0 Å². The molecule has 2 rings (SSSR count). The summed E-state index contributed by atoms with van der Waals surface area (Å²) in [5.74, 6) is 1.32. The van der Waals surface area contributed by atoms with Gasteiger partial charge in [-0.3, -0.25) is 0 Å². The summed E-state index contributed by atoms with van der Waals surface area (Å²) in [5, 5.41) is 9.59. The Morgan fingerprint density at radius 2 is 2.27 bits per heavy atom.